The summed E-state index contributed by atoms with van der Waals surface area (Å²) in [7, 11) is 0. The molecule has 0 aromatic heterocycles. The molecule has 0 atom stereocenters. The molecule has 0 spiro atoms. The summed E-state index contributed by atoms with van der Waals surface area (Å²) < 4.78 is 13.5. The number of rotatable bonds is 6. The number of amides is 2. The highest BCUT2D eigenvalue weighted by Gasteiger charge is 2.09. The van der Waals surface area contributed by atoms with Crippen molar-refractivity contribution in [2.75, 3.05) is 6.54 Å². The van der Waals surface area contributed by atoms with Crippen LogP contribution in [0, 0.1) is 5.82 Å². The summed E-state index contributed by atoms with van der Waals surface area (Å²) in [6, 6.07) is 12.7. The van der Waals surface area contributed by atoms with Gasteiger partial charge in [0.05, 0.1) is 0 Å². The number of hydrogen-bond acceptors (Lipinski definition) is 2. The van der Waals surface area contributed by atoms with Crippen LogP contribution in [0.15, 0.2) is 48.5 Å². The van der Waals surface area contributed by atoms with Gasteiger partial charge >= 0.3 is 0 Å². The number of benzene rings is 2. The van der Waals surface area contributed by atoms with E-state index in [-0.39, 0.29) is 24.2 Å². The molecule has 0 radical (unpaired) electrons. The Bertz CT molecular complexity index is 684. The van der Waals surface area contributed by atoms with Crippen LogP contribution in [0.5, 0.6) is 0 Å². The first-order chi connectivity index (χ1) is 11.1. The minimum Gasteiger partial charge on any atom is -0.352 e. The Hall–Kier alpha value is -2.69. The standard InChI is InChI=1S/C18H19FN2O2/c1-2-11-20-17(22)13-7-9-14(10-8-13)18(23)21-12-15-5-3-4-6-16(15)19/h3-10H,2,11-12H2,1H3,(H,20,22)(H,21,23). The maximum atomic E-state index is 13.5. The molecule has 120 valence electrons. The second-order valence-electron chi connectivity index (χ2n) is 5.11. The van der Waals surface area contributed by atoms with Crippen LogP contribution in [-0.4, -0.2) is 18.4 Å². The molecule has 4 nitrogen and oxygen atoms in total. The fourth-order valence-corrected chi connectivity index (χ4v) is 2.03. The maximum absolute atomic E-state index is 13.5. The lowest BCUT2D eigenvalue weighted by atomic mass is 10.1. The third-order valence-corrected chi connectivity index (χ3v) is 3.34. The van der Waals surface area contributed by atoms with E-state index < -0.39 is 0 Å². The molecule has 0 fully saturated rings. The minimum atomic E-state index is -0.351. The van der Waals surface area contributed by atoms with Crippen molar-refractivity contribution in [3.63, 3.8) is 0 Å². The minimum absolute atomic E-state index is 0.115. The van der Waals surface area contributed by atoms with Crippen LogP contribution in [0.1, 0.15) is 39.6 Å². The highest BCUT2D eigenvalue weighted by molar-refractivity contribution is 5.97. The molecule has 0 saturated carbocycles. The summed E-state index contributed by atoms with van der Waals surface area (Å²) in [5, 5.41) is 5.43. The van der Waals surface area contributed by atoms with E-state index in [0.717, 1.165) is 6.42 Å². The quantitative estimate of drug-likeness (QED) is 0.861. The normalized spacial score (nSPS) is 10.2. The van der Waals surface area contributed by atoms with Gasteiger partial charge in [-0.25, -0.2) is 4.39 Å². The molecule has 0 aliphatic rings. The summed E-state index contributed by atoms with van der Waals surface area (Å²) in [5.41, 5.74) is 1.36. The fourth-order valence-electron chi connectivity index (χ4n) is 2.03. The Labute approximate surface area is 134 Å². The Morgan fingerprint density at radius 3 is 2.04 bits per heavy atom. The lowest BCUT2D eigenvalue weighted by Gasteiger charge is -2.07. The fraction of sp³-hybridized carbons (Fsp3) is 0.222. The zero-order valence-electron chi connectivity index (χ0n) is 12.9. The first-order valence-electron chi connectivity index (χ1n) is 7.51. The largest absolute Gasteiger partial charge is 0.352 e. The molecule has 2 rings (SSSR count). The van der Waals surface area contributed by atoms with Gasteiger partial charge in [0.25, 0.3) is 11.8 Å². The summed E-state index contributed by atoms with van der Waals surface area (Å²) in [6.07, 6.45) is 0.863. The van der Waals surface area contributed by atoms with Crippen LogP contribution < -0.4 is 10.6 Å². The molecule has 2 N–H and O–H groups in total. The second kappa shape index (κ2) is 8.08. The van der Waals surface area contributed by atoms with Crippen molar-refractivity contribution in [2.45, 2.75) is 19.9 Å². The zero-order chi connectivity index (χ0) is 16.7. The Morgan fingerprint density at radius 2 is 1.48 bits per heavy atom. The van der Waals surface area contributed by atoms with Crippen molar-refractivity contribution in [3.05, 3.63) is 71.0 Å². The van der Waals surface area contributed by atoms with E-state index in [9.17, 15) is 14.0 Å². The predicted octanol–water partition coefficient (Wildman–Crippen LogP) is 2.90. The van der Waals surface area contributed by atoms with Gasteiger partial charge in [-0.05, 0) is 36.8 Å². The number of carbonyl (C=O) groups excluding carboxylic acids is 2. The van der Waals surface area contributed by atoms with Crippen molar-refractivity contribution >= 4 is 11.8 Å². The van der Waals surface area contributed by atoms with Gasteiger partial charge in [0.2, 0.25) is 0 Å². The number of carbonyl (C=O) groups is 2. The van der Waals surface area contributed by atoms with Gasteiger partial charge in [0.1, 0.15) is 5.82 Å². The molecule has 2 aromatic carbocycles. The van der Waals surface area contributed by atoms with Gasteiger partial charge in [0.15, 0.2) is 0 Å². The molecule has 23 heavy (non-hydrogen) atoms. The monoisotopic (exact) mass is 314 g/mol. The Kier molecular flexibility index (Phi) is 5.86. The van der Waals surface area contributed by atoms with Gasteiger partial charge in [-0.1, -0.05) is 25.1 Å². The van der Waals surface area contributed by atoms with Crippen LogP contribution in [0.25, 0.3) is 0 Å². The second-order valence-corrected chi connectivity index (χ2v) is 5.11. The Balaban J connectivity index is 1.95. The van der Waals surface area contributed by atoms with Crippen molar-refractivity contribution in [1.29, 1.82) is 0 Å². The van der Waals surface area contributed by atoms with E-state index in [0.29, 0.717) is 23.2 Å². The predicted molar refractivity (Wildman–Crippen MR) is 86.6 cm³/mol. The van der Waals surface area contributed by atoms with Gasteiger partial charge in [-0.3, -0.25) is 9.59 Å². The van der Waals surface area contributed by atoms with Crippen LogP contribution in [-0.2, 0) is 6.54 Å². The average Bonchev–Trinajstić information content (AvgIpc) is 2.59. The maximum Gasteiger partial charge on any atom is 0.251 e. The lowest BCUT2D eigenvalue weighted by Crippen LogP contribution is -2.25. The van der Waals surface area contributed by atoms with E-state index in [1.54, 1.807) is 42.5 Å². The van der Waals surface area contributed by atoms with E-state index in [2.05, 4.69) is 10.6 Å². The molecule has 0 aliphatic carbocycles. The van der Waals surface area contributed by atoms with Crippen LogP contribution in [0.2, 0.25) is 0 Å². The number of halogens is 1. The zero-order valence-corrected chi connectivity index (χ0v) is 12.9. The molecule has 0 heterocycles. The summed E-state index contributed by atoms with van der Waals surface area (Å²) in [6.45, 7) is 2.71. The Morgan fingerprint density at radius 1 is 0.913 bits per heavy atom. The van der Waals surface area contributed by atoms with Crippen molar-refractivity contribution in [2.24, 2.45) is 0 Å². The molecule has 2 amide bonds. The molecule has 0 saturated heterocycles. The van der Waals surface area contributed by atoms with Gasteiger partial charge in [-0.15, -0.1) is 0 Å². The highest BCUT2D eigenvalue weighted by atomic mass is 19.1. The molecule has 0 bridgehead atoms. The van der Waals surface area contributed by atoms with Gasteiger partial charge in [-0.2, -0.15) is 0 Å². The molecule has 5 heteroatoms. The average molecular weight is 314 g/mol. The van der Waals surface area contributed by atoms with Crippen molar-refractivity contribution in [1.82, 2.24) is 10.6 Å². The first-order valence-corrected chi connectivity index (χ1v) is 7.51. The SMILES string of the molecule is CCCNC(=O)c1ccc(C(=O)NCc2ccccc2F)cc1. The highest BCUT2D eigenvalue weighted by Crippen LogP contribution is 2.08. The molecular weight excluding hydrogens is 295 g/mol. The van der Waals surface area contributed by atoms with Gasteiger partial charge < -0.3 is 10.6 Å². The molecular formula is C18H19FN2O2. The van der Waals surface area contributed by atoms with E-state index in [4.69, 9.17) is 0 Å². The van der Waals surface area contributed by atoms with Crippen molar-refractivity contribution in [3.8, 4) is 0 Å². The third-order valence-electron chi connectivity index (χ3n) is 3.34. The van der Waals surface area contributed by atoms with E-state index in [1.165, 1.54) is 6.07 Å². The van der Waals surface area contributed by atoms with Crippen LogP contribution in [0.4, 0.5) is 4.39 Å². The number of nitrogens with one attached hydrogen (secondary N) is 2. The van der Waals surface area contributed by atoms with Crippen molar-refractivity contribution < 1.29 is 14.0 Å². The number of hydrogen-bond donors (Lipinski definition) is 2. The van der Waals surface area contributed by atoms with Crippen LogP contribution >= 0.6 is 0 Å². The lowest BCUT2D eigenvalue weighted by molar-refractivity contribution is 0.0940. The van der Waals surface area contributed by atoms with E-state index in [1.807, 2.05) is 6.92 Å². The summed E-state index contributed by atoms with van der Waals surface area (Å²) >= 11 is 0. The molecule has 2 aromatic rings. The van der Waals surface area contributed by atoms with E-state index >= 15 is 0 Å². The summed E-state index contributed by atoms with van der Waals surface area (Å²) in [4.78, 5) is 23.8. The summed E-state index contributed by atoms with van der Waals surface area (Å²) in [5.74, 6) is -0.824. The molecule has 0 unspecified atom stereocenters. The third kappa shape index (κ3) is 4.64. The first kappa shape index (κ1) is 16.7. The molecule has 0 aliphatic heterocycles. The van der Waals surface area contributed by atoms with Crippen LogP contribution in [0.3, 0.4) is 0 Å². The van der Waals surface area contributed by atoms with Gasteiger partial charge in [0, 0.05) is 29.8 Å². The smallest absolute Gasteiger partial charge is 0.251 e. The topological polar surface area (TPSA) is 58.2 Å².